The summed E-state index contributed by atoms with van der Waals surface area (Å²) in [6, 6.07) is 4.33. The number of benzene rings is 1. The van der Waals surface area contributed by atoms with Crippen LogP contribution in [0.2, 0.25) is 5.02 Å². The Morgan fingerprint density at radius 1 is 1.50 bits per heavy atom. The fraction of sp³-hybridized carbons (Fsp3) is 0.417. The molecule has 1 aliphatic carbocycles. The minimum absolute atomic E-state index is 0.0229. The first-order chi connectivity index (χ1) is 8.53. The average molecular weight is 272 g/mol. The minimum Gasteiger partial charge on any atom is -0.409 e. The highest BCUT2D eigenvalue weighted by Gasteiger charge is 2.43. The van der Waals surface area contributed by atoms with E-state index in [1.165, 1.54) is 12.1 Å². The fourth-order valence-corrected chi connectivity index (χ4v) is 2.18. The Bertz CT molecular complexity index is 454. The van der Waals surface area contributed by atoms with E-state index in [1.54, 1.807) is 6.07 Å². The first-order valence-electron chi connectivity index (χ1n) is 5.69. The molecule has 2 rings (SSSR count). The normalized spacial score (nSPS) is 17.6. The average Bonchev–Trinajstić information content (AvgIpc) is 3.05. The number of nitrogens with two attached hydrogens (primary N) is 1. The van der Waals surface area contributed by atoms with Gasteiger partial charge in [-0.1, -0.05) is 16.8 Å². The standard InChI is InChI=1S/C12H15ClFN3O/c13-8-3-9(14)5-10(4-8)16-7-12(1-2-12)6-11(15)17-18/h3-5,16,18H,1-2,6-7H2,(H2,15,17). The Hall–Kier alpha value is -1.49. The number of oxime groups is 1. The van der Waals surface area contributed by atoms with E-state index in [4.69, 9.17) is 22.5 Å². The first kappa shape index (κ1) is 13.0. The predicted molar refractivity (Wildman–Crippen MR) is 69.6 cm³/mol. The molecule has 1 saturated carbocycles. The van der Waals surface area contributed by atoms with E-state index in [0.717, 1.165) is 12.8 Å². The third-order valence-electron chi connectivity index (χ3n) is 3.17. The first-order valence-corrected chi connectivity index (χ1v) is 6.07. The van der Waals surface area contributed by atoms with Crippen molar-refractivity contribution in [3.63, 3.8) is 0 Å². The van der Waals surface area contributed by atoms with Gasteiger partial charge in [-0.05, 0) is 36.5 Å². The van der Waals surface area contributed by atoms with Crippen LogP contribution in [0, 0.1) is 11.2 Å². The number of hydrogen-bond donors (Lipinski definition) is 3. The Balaban J connectivity index is 1.95. The number of hydrogen-bond acceptors (Lipinski definition) is 3. The van der Waals surface area contributed by atoms with Crippen LogP contribution in [0.3, 0.4) is 0 Å². The Kier molecular flexibility index (Phi) is 3.61. The molecule has 4 nitrogen and oxygen atoms in total. The van der Waals surface area contributed by atoms with Crippen molar-refractivity contribution in [1.29, 1.82) is 0 Å². The number of halogens is 2. The van der Waals surface area contributed by atoms with Crippen molar-refractivity contribution in [3.8, 4) is 0 Å². The lowest BCUT2D eigenvalue weighted by atomic mass is 10.0. The molecule has 1 aromatic carbocycles. The molecule has 98 valence electrons. The van der Waals surface area contributed by atoms with E-state index >= 15 is 0 Å². The summed E-state index contributed by atoms with van der Waals surface area (Å²) in [7, 11) is 0. The van der Waals surface area contributed by atoms with Crippen molar-refractivity contribution in [1.82, 2.24) is 0 Å². The summed E-state index contributed by atoms with van der Waals surface area (Å²) in [4.78, 5) is 0. The van der Waals surface area contributed by atoms with Crippen LogP contribution < -0.4 is 11.1 Å². The number of amidine groups is 1. The van der Waals surface area contributed by atoms with Gasteiger partial charge in [0, 0.05) is 23.7 Å². The summed E-state index contributed by atoms with van der Waals surface area (Å²) in [6.45, 7) is 0.656. The third-order valence-corrected chi connectivity index (χ3v) is 3.39. The lowest BCUT2D eigenvalue weighted by Gasteiger charge is -2.16. The molecule has 18 heavy (non-hydrogen) atoms. The smallest absolute Gasteiger partial charge is 0.139 e. The van der Waals surface area contributed by atoms with Gasteiger partial charge in [0.15, 0.2) is 0 Å². The molecule has 0 bridgehead atoms. The van der Waals surface area contributed by atoms with Crippen LogP contribution in [0.15, 0.2) is 23.4 Å². The molecule has 0 aliphatic heterocycles. The fourth-order valence-electron chi connectivity index (χ4n) is 1.96. The molecule has 0 amide bonds. The van der Waals surface area contributed by atoms with E-state index in [0.29, 0.717) is 23.7 Å². The van der Waals surface area contributed by atoms with E-state index in [-0.39, 0.29) is 17.1 Å². The second-order valence-corrected chi connectivity index (χ2v) is 5.22. The van der Waals surface area contributed by atoms with E-state index in [9.17, 15) is 4.39 Å². The largest absolute Gasteiger partial charge is 0.409 e. The lowest BCUT2D eigenvalue weighted by molar-refractivity contribution is 0.315. The molecule has 6 heteroatoms. The van der Waals surface area contributed by atoms with Gasteiger partial charge in [-0.15, -0.1) is 0 Å². The van der Waals surface area contributed by atoms with Crippen LogP contribution in [-0.4, -0.2) is 17.6 Å². The molecule has 0 radical (unpaired) electrons. The predicted octanol–water partition coefficient (Wildman–Crippen LogP) is 2.81. The quantitative estimate of drug-likeness (QED) is 0.334. The van der Waals surface area contributed by atoms with Gasteiger partial charge in [0.2, 0.25) is 0 Å². The summed E-state index contributed by atoms with van der Waals surface area (Å²) in [5.74, 6) is -0.141. The molecule has 1 aromatic rings. The summed E-state index contributed by atoms with van der Waals surface area (Å²) in [5, 5.41) is 15.0. The highest BCUT2D eigenvalue weighted by Crippen LogP contribution is 2.48. The molecule has 0 saturated heterocycles. The molecule has 0 atom stereocenters. The Morgan fingerprint density at radius 3 is 2.78 bits per heavy atom. The zero-order valence-corrected chi connectivity index (χ0v) is 10.5. The van der Waals surface area contributed by atoms with Crippen LogP contribution in [-0.2, 0) is 0 Å². The maximum atomic E-state index is 13.1. The van der Waals surface area contributed by atoms with Crippen molar-refractivity contribution < 1.29 is 9.60 Å². The van der Waals surface area contributed by atoms with Gasteiger partial charge in [0.25, 0.3) is 0 Å². The second kappa shape index (κ2) is 5.02. The Labute approximate surface area is 110 Å². The summed E-state index contributed by atoms with van der Waals surface area (Å²) >= 11 is 5.77. The van der Waals surface area contributed by atoms with E-state index < -0.39 is 0 Å². The van der Waals surface area contributed by atoms with Crippen molar-refractivity contribution >= 4 is 23.1 Å². The van der Waals surface area contributed by atoms with Crippen LogP contribution in [0.25, 0.3) is 0 Å². The maximum Gasteiger partial charge on any atom is 0.139 e. The zero-order chi connectivity index (χ0) is 13.2. The van der Waals surface area contributed by atoms with Gasteiger partial charge in [0.05, 0.1) is 0 Å². The number of rotatable bonds is 5. The summed E-state index contributed by atoms with van der Waals surface area (Å²) in [5.41, 5.74) is 6.17. The second-order valence-electron chi connectivity index (χ2n) is 4.78. The van der Waals surface area contributed by atoms with Crippen molar-refractivity contribution in [2.45, 2.75) is 19.3 Å². The number of anilines is 1. The van der Waals surface area contributed by atoms with Gasteiger partial charge in [-0.2, -0.15) is 0 Å². The minimum atomic E-state index is -0.369. The highest BCUT2D eigenvalue weighted by molar-refractivity contribution is 6.30. The molecule has 1 fully saturated rings. The molecular formula is C12H15ClFN3O. The van der Waals surface area contributed by atoms with Crippen molar-refractivity contribution in [2.75, 3.05) is 11.9 Å². The van der Waals surface area contributed by atoms with Crippen LogP contribution in [0.5, 0.6) is 0 Å². The monoisotopic (exact) mass is 271 g/mol. The van der Waals surface area contributed by atoms with Crippen LogP contribution >= 0.6 is 11.6 Å². The molecule has 4 N–H and O–H groups in total. The number of nitrogens with zero attached hydrogens (tertiary/aromatic N) is 1. The van der Waals surface area contributed by atoms with Gasteiger partial charge < -0.3 is 16.3 Å². The van der Waals surface area contributed by atoms with Gasteiger partial charge in [0.1, 0.15) is 11.7 Å². The molecule has 1 aliphatic rings. The van der Waals surface area contributed by atoms with E-state index in [1.807, 2.05) is 0 Å². The summed E-state index contributed by atoms with van der Waals surface area (Å²) in [6.07, 6.45) is 2.57. The summed E-state index contributed by atoms with van der Waals surface area (Å²) < 4.78 is 13.1. The van der Waals surface area contributed by atoms with E-state index in [2.05, 4.69) is 10.5 Å². The van der Waals surface area contributed by atoms with Crippen LogP contribution in [0.1, 0.15) is 19.3 Å². The van der Waals surface area contributed by atoms with Crippen molar-refractivity contribution in [3.05, 3.63) is 29.0 Å². The lowest BCUT2D eigenvalue weighted by Crippen LogP contribution is -2.23. The van der Waals surface area contributed by atoms with Gasteiger partial charge in [-0.3, -0.25) is 0 Å². The maximum absolute atomic E-state index is 13.1. The number of nitrogens with one attached hydrogen (secondary N) is 1. The third kappa shape index (κ3) is 3.26. The van der Waals surface area contributed by atoms with Gasteiger partial charge in [-0.25, -0.2) is 4.39 Å². The molecule has 0 aromatic heterocycles. The molecule has 0 unspecified atom stereocenters. The van der Waals surface area contributed by atoms with Crippen molar-refractivity contribution in [2.24, 2.45) is 16.3 Å². The highest BCUT2D eigenvalue weighted by atomic mass is 35.5. The SMILES string of the molecule is N/C(CC1(CNc2cc(F)cc(Cl)c2)CC1)=N/O. The molecular weight excluding hydrogens is 257 g/mol. The van der Waals surface area contributed by atoms with Crippen LogP contribution in [0.4, 0.5) is 10.1 Å². The topological polar surface area (TPSA) is 70.6 Å². The zero-order valence-electron chi connectivity index (χ0n) is 9.79. The van der Waals surface area contributed by atoms with Gasteiger partial charge >= 0.3 is 0 Å². The molecule has 0 heterocycles. The molecule has 0 spiro atoms. The Morgan fingerprint density at radius 2 is 2.22 bits per heavy atom.